The minimum atomic E-state index is -4.66. The summed E-state index contributed by atoms with van der Waals surface area (Å²) in [5.41, 5.74) is 0. The van der Waals surface area contributed by atoms with Crippen LogP contribution in [0.4, 0.5) is 0 Å². The number of hydrogen-bond acceptors (Lipinski definition) is 11. The first-order valence-corrected chi connectivity index (χ1v) is 22.3. The van der Waals surface area contributed by atoms with Gasteiger partial charge in [-0.25, -0.2) is 4.57 Å². The summed E-state index contributed by atoms with van der Waals surface area (Å²) in [6.07, 6.45) is 31.0. The minimum Gasteiger partial charge on any atom is -0.462 e. The minimum absolute atomic E-state index is 0.102. The van der Waals surface area contributed by atoms with Crippen LogP contribution in [0.25, 0.3) is 0 Å². The Hall–Kier alpha value is -2.15. The summed E-state index contributed by atoms with van der Waals surface area (Å²) in [5, 5.41) is 38.7. The number of phosphoric acid groups is 1. The van der Waals surface area contributed by atoms with Gasteiger partial charge in [-0.3, -0.25) is 18.6 Å². The molecule has 5 atom stereocenters. The molecule has 0 radical (unpaired) electrons. The number of carbonyl (C=O) groups is 2. The van der Waals surface area contributed by atoms with Crippen LogP contribution in [0.1, 0.15) is 155 Å². The van der Waals surface area contributed by atoms with E-state index in [-0.39, 0.29) is 19.4 Å². The van der Waals surface area contributed by atoms with Crippen LogP contribution in [0.3, 0.4) is 0 Å². The topological polar surface area (TPSA) is 189 Å². The fraction of sp³-hybridized carbons (Fsp3) is 0.762. The number of ether oxygens (including phenoxy) is 2. The van der Waals surface area contributed by atoms with Gasteiger partial charge >= 0.3 is 19.8 Å². The monoisotopic (exact) mass is 802 g/mol. The molecule has 0 rings (SSSR count). The van der Waals surface area contributed by atoms with Gasteiger partial charge in [0.15, 0.2) is 6.10 Å². The van der Waals surface area contributed by atoms with Crippen molar-refractivity contribution in [2.45, 2.75) is 180 Å². The van der Waals surface area contributed by atoms with E-state index in [1.807, 2.05) is 6.08 Å². The maximum atomic E-state index is 12.6. The Kier molecular flexibility index (Phi) is 36.0. The molecule has 1 unspecified atom stereocenters. The molecule has 55 heavy (non-hydrogen) atoms. The molecule has 0 aliphatic rings. The van der Waals surface area contributed by atoms with Crippen LogP contribution in [-0.2, 0) is 32.7 Å². The predicted octanol–water partition coefficient (Wildman–Crippen LogP) is 8.50. The van der Waals surface area contributed by atoms with Crippen molar-refractivity contribution in [2.75, 3.05) is 26.4 Å². The van der Waals surface area contributed by atoms with Gasteiger partial charge in [-0.05, 0) is 77.0 Å². The second-order valence-electron chi connectivity index (χ2n) is 14.0. The highest BCUT2D eigenvalue weighted by Crippen LogP contribution is 2.43. The van der Waals surface area contributed by atoms with E-state index in [2.05, 4.69) is 60.9 Å². The van der Waals surface area contributed by atoms with Gasteiger partial charge in [0.2, 0.25) is 0 Å². The van der Waals surface area contributed by atoms with E-state index in [0.717, 1.165) is 70.6 Å². The number of rotatable bonds is 38. The van der Waals surface area contributed by atoms with Crippen molar-refractivity contribution in [3.05, 3.63) is 48.6 Å². The Bertz CT molecular complexity index is 1090. The van der Waals surface area contributed by atoms with E-state index in [1.165, 1.54) is 32.1 Å². The van der Waals surface area contributed by atoms with E-state index in [0.29, 0.717) is 25.7 Å². The average Bonchev–Trinajstić information content (AvgIpc) is 3.17. The van der Waals surface area contributed by atoms with Gasteiger partial charge in [0.05, 0.1) is 32.0 Å². The van der Waals surface area contributed by atoms with Crippen molar-refractivity contribution in [2.24, 2.45) is 0 Å². The molecule has 0 spiro atoms. The van der Waals surface area contributed by atoms with Crippen molar-refractivity contribution in [3.8, 4) is 0 Å². The fourth-order valence-electron chi connectivity index (χ4n) is 5.26. The van der Waals surface area contributed by atoms with Gasteiger partial charge in [0, 0.05) is 12.8 Å². The molecule has 0 saturated heterocycles. The number of hydrogen-bond donors (Lipinski definition) is 5. The summed E-state index contributed by atoms with van der Waals surface area (Å²) >= 11 is 0. The molecule has 0 amide bonds. The second kappa shape index (κ2) is 37.4. The maximum Gasteiger partial charge on any atom is 0.472 e. The van der Waals surface area contributed by atoms with Crippen LogP contribution in [0.15, 0.2) is 48.6 Å². The molecule has 5 N–H and O–H groups in total. The lowest BCUT2D eigenvalue weighted by molar-refractivity contribution is -0.161. The van der Waals surface area contributed by atoms with Crippen LogP contribution in [0.2, 0.25) is 0 Å². The normalized spacial score (nSPS) is 15.5. The number of allylic oxidation sites excluding steroid dienone is 7. The highest BCUT2D eigenvalue weighted by atomic mass is 31.2. The van der Waals surface area contributed by atoms with Crippen LogP contribution >= 0.6 is 7.82 Å². The van der Waals surface area contributed by atoms with Crippen LogP contribution in [0, 0.1) is 0 Å². The first-order chi connectivity index (χ1) is 26.5. The quantitative estimate of drug-likeness (QED) is 0.0174. The molecule has 0 aromatic carbocycles. The second-order valence-corrected chi connectivity index (χ2v) is 15.4. The highest BCUT2D eigenvalue weighted by Gasteiger charge is 2.27. The Morgan fingerprint density at radius 1 is 0.600 bits per heavy atom. The molecule has 0 saturated carbocycles. The summed E-state index contributed by atoms with van der Waals surface area (Å²) in [6.45, 7) is 2.05. The predicted molar refractivity (Wildman–Crippen MR) is 217 cm³/mol. The van der Waals surface area contributed by atoms with E-state index >= 15 is 0 Å². The number of esters is 2. The lowest BCUT2D eigenvalue weighted by atomic mass is 10.0. The number of unbranched alkanes of at least 4 members (excludes halogenated alkanes) is 12. The third-order valence-electron chi connectivity index (χ3n) is 8.66. The van der Waals surface area contributed by atoms with Gasteiger partial charge in [0.25, 0.3) is 0 Å². The lowest BCUT2D eigenvalue weighted by Gasteiger charge is -2.20. The van der Waals surface area contributed by atoms with E-state index in [1.54, 1.807) is 0 Å². The summed E-state index contributed by atoms with van der Waals surface area (Å²) in [5.74, 6) is -1.09. The Labute approximate surface area is 331 Å². The van der Waals surface area contributed by atoms with Crippen molar-refractivity contribution in [1.29, 1.82) is 0 Å². The zero-order valence-electron chi connectivity index (χ0n) is 33.9. The van der Waals surface area contributed by atoms with Gasteiger partial charge in [-0.15, -0.1) is 0 Å². The smallest absolute Gasteiger partial charge is 0.462 e. The molecule has 13 heteroatoms. The Morgan fingerprint density at radius 3 is 1.73 bits per heavy atom. The van der Waals surface area contributed by atoms with Crippen molar-refractivity contribution < 1.29 is 58.0 Å². The number of phosphoric ester groups is 1. The molecular formula is C42H75O12P. The zero-order valence-corrected chi connectivity index (χ0v) is 34.7. The summed E-state index contributed by atoms with van der Waals surface area (Å²) in [6, 6.07) is 0. The van der Waals surface area contributed by atoms with Crippen LogP contribution in [-0.4, -0.2) is 88.1 Å². The standard InChI is InChI=1S/C42H75O12P/c1-3-5-7-9-11-12-13-14-15-16-17-18-19-23-28-32-42(48)54-38(36-53-55(49,50)52-34-37(44)33-43)35-51-41(47)31-27-24-20-22-26-30-40(46)39(45)29-25-21-10-8-6-4-2/h11-12,14-15,17-18,21,25,37-40,43-46H,3-10,13,16,19-20,22-24,26-36H2,1-2H3,(H,49,50)/b12-11-,15-14-,18-17-,25-21-/t37-,38+,39+,40+/m0/s1. The highest BCUT2D eigenvalue weighted by molar-refractivity contribution is 7.47. The SMILES string of the molecule is CCCCC/C=C\C/C=C\C/C=C\CCCCC(=O)O[C@H](COC(=O)CCCCCCC[C@@H](O)[C@H](O)C/C=C\CCCCC)COP(=O)(O)OC[C@@H](O)CO. The third-order valence-corrected chi connectivity index (χ3v) is 9.61. The Morgan fingerprint density at radius 2 is 1.11 bits per heavy atom. The number of aliphatic hydroxyl groups excluding tert-OH is 4. The molecular weight excluding hydrogens is 727 g/mol. The van der Waals surface area contributed by atoms with E-state index in [4.69, 9.17) is 19.1 Å². The molecule has 0 aliphatic carbocycles. The van der Waals surface area contributed by atoms with Crippen LogP contribution < -0.4 is 0 Å². The molecule has 0 fully saturated rings. The lowest BCUT2D eigenvalue weighted by Crippen LogP contribution is -2.29. The van der Waals surface area contributed by atoms with Crippen molar-refractivity contribution in [3.63, 3.8) is 0 Å². The summed E-state index contributed by atoms with van der Waals surface area (Å²) in [4.78, 5) is 34.9. The van der Waals surface area contributed by atoms with E-state index in [9.17, 15) is 34.4 Å². The van der Waals surface area contributed by atoms with Gasteiger partial charge in [-0.1, -0.05) is 114 Å². The first kappa shape index (κ1) is 52.9. The Balaban J connectivity index is 4.52. The van der Waals surface area contributed by atoms with Gasteiger partial charge in [-0.2, -0.15) is 0 Å². The van der Waals surface area contributed by atoms with Crippen LogP contribution in [0.5, 0.6) is 0 Å². The zero-order chi connectivity index (χ0) is 40.8. The molecule has 0 aromatic rings. The van der Waals surface area contributed by atoms with Crippen molar-refractivity contribution in [1.82, 2.24) is 0 Å². The summed E-state index contributed by atoms with van der Waals surface area (Å²) in [7, 11) is -4.66. The molecule has 12 nitrogen and oxygen atoms in total. The maximum absolute atomic E-state index is 12.6. The molecule has 0 aliphatic heterocycles. The van der Waals surface area contributed by atoms with Gasteiger partial charge in [0.1, 0.15) is 12.7 Å². The van der Waals surface area contributed by atoms with E-state index < -0.39 is 64.0 Å². The number of carbonyl (C=O) groups excluding carboxylic acids is 2. The van der Waals surface area contributed by atoms with Crippen molar-refractivity contribution >= 4 is 19.8 Å². The molecule has 320 valence electrons. The summed E-state index contributed by atoms with van der Waals surface area (Å²) < 4.78 is 32.5. The molecule has 0 bridgehead atoms. The molecule has 0 heterocycles. The third kappa shape index (κ3) is 36.0. The number of aliphatic hydroxyl groups is 4. The first-order valence-electron chi connectivity index (χ1n) is 20.8. The fourth-order valence-corrected chi connectivity index (χ4v) is 6.05. The molecule has 0 aromatic heterocycles. The average molecular weight is 803 g/mol. The van der Waals surface area contributed by atoms with Gasteiger partial charge < -0.3 is 34.8 Å². The largest absolute Gasteiger partial charge is 0.472 e.